The van der Waals surface area contributed by atoms with E-state index < -0.39 is 0 Å². The van der Waals surface area contributed by atoms with Gasteiger partial charge in [-0.3, -0.25) is 14.2 Å². The van der Waals surface area contributed by atoms with Crippen molar-refractivity contribution in [1.29, 1.82) is 0 Å². The zero-order valence-electron chi connectivity index (χ0n) is 18.6. The van der Waals surface area contributed by atoms with Crippen LogP contribution in [-0.2, 0) is 0 Å². The molecular formula is C27H25N3O3S. The van der Waals surface area contributed by atoms with Crippen LogP contribution >= 0.6 is 12.2 Å². The Bertz CT molecular complexity index is 1440. The summed E-state index contributed by atoms with van der Waals surface area (Å²) in [5, 5.41) is 3.43. The molecule has 5 rings (SSSR count). The lowest BCUT2D eigenvalue weighted by Gasteiger charge is -2.24. The SMILES string of the molecule is O=C(Nc1ccc(Oc2ccccc2)cc1)c1ccc2c(=O)n(C3CCCCC3)c(=S)[nH]c2c1. The second-order valence-electron chi connectivity index (χ2n) is 8.55. The summed E-state index contributed by atoms with van der Waals surface area (Å²) in [5.74, 6) is 1.15. The van der Waals surface area contributed by atoms with Crippen LogP contribution in [0.3, 0.4) is 0 Å². The summed E-state index contributed by atoms with van der Waals surface area (Å²) in [6.45, 7) is 0. The van der Waals surface area contributed by atoms with E-state index in [1.54, 1.807) is 47.0 Å². The van der Waals surface area contributed by atoms with Crippen LogP contribution in [0.4, 0.5) is 5.69 Å². The lowest BCUT2D eigenvalue weighted by Crippen LogP contribution is -2.28. The molecule has 0 aliphatic heterocycles. The minimum absolute atomic E-state index is 0.0911. The van der Waals surface area contributed by atoms with Gasteiger partial charge in [-0.25, -0.2) is 0 Å². The number of hydrogen-bond donors (Lipinski definition) is 2. The molecule has 1 aliphatic carbocycles. The van der Waals surface area contributed by atoms with Crippen molar-refractivity contribution in [2.75, 3.05) is 5.32 Å². The molecule has 0 bridgehead atoms. The number of rotatable bonds is 5. The maximum atomic E-state index is 13.1. The number of amides is 1. The quantitative estimate of drug-likeness (QED) is 0.321. The fraction of sp³-hybridized carbons (Fsp3) is 0.222. The maximum Gasteiger partial charge on any atom is 0.262 e. The summed E-state index contributed by atoms with van der Waals surface area (Å²) in [6, 6.07) is 21.9. The predicted octanol–water partition coefficient (Wildman–Crippen LogP) is 6.61. The number of aromatic nitrogens is 2. The number of para-hydroxylation sites is 1. The number of ether oxygens (including phenoxy) is 1. The average Bonchev–Trinajstić information content (AvgIpc) is 2.86. The van der Waals surface area contributed by atoms with Gasteiger partial charge in [0.2, 0.25) is 0 Å². The molecule has 1 heterocycles. The van der Waals surface area contributed by atoms with E-state index in [2.05, 4.69) is 10.3 Å². The number of fused-ring (bicyclic) bond motifs is 1. The van der Waals surface area contributed by atoms with Gasteiger partial charge in [-0.1, -0.05) is 37.5 Å². The van der Waals surface area contributed by atoms with E-state index in [9.17, 15) is 9.59 Å². The van der Waals surface area contributed by atoms with Crippen LogP contribution in [0.25, 0.3) is 10.9 Å². The van der Waals surface area contributed by atoms with Crippen molar-refractivity contribution in [1.82, 2.24) is 9.55 Å². The Hall–Kier alpha value is -3.71. The largest absolute Gasteiger partial charge is 0.457 e. The molecular weight excluding hydrogens is 446 g/mol. The normalized spacial score (nSPS) is 14.1. The van der Waals surface area contributed by atoms with Crippen molar-refractivity contribution in [3.63, 3.8) is 0 Å². The minimum atomic E-state index is -0.269. The number of aromatic amines is 1. The van der Waals surface area contributed by atoms with Gasteiger partial charge in [-0.15, -0.1) is 0 Å². The van der Waals surface area contributed by atoms with Crippen LogP contribution in [0.2, 0.25) is 0 Å². The zero-order valence-corrected chi connectivity index (χ0v) is 19.4. The minimum Gasteiger partial charge on any atom is -0.457 e. The first kappa shape index (κ1) is 22.1. The molecule has 34 heavy (non-hydrogen) atoms. The molecule has 4 aromatic rings. The second kappa shape index (κ2) is 9.65. The standard InChI is InChI=1S/C27H25N3O3S/c31-25(28-19-12-14-22(15-13-19)33-21-9-5-2-6-10-21)18-11-16-23-24(17-18)29-27(34)30(26(23)32)20-7-3-1-4-8-20/h2,5-6,9-17,20H,1,3-4,7-8H2,(H,28,31)(H,29,34). The molecule has 1 amide bonds. The number of nitrogens with one attached hydrogen (secondary N) is 2. The number of carbonyl (C=O) groups excluding carboxylic acids is 1. The number of nitrogens with zero attached hydrogens (tertiary/aromatic N) is 1. The summed E-state index contributed by atoms with van der Waals surface area (Å²) >= 11 is 5.52. The topological polar surface area (TPSA) is 76.1 Å². The first-order valence-electron chi connectivity index (χ1n) is 11.5. The fourth-order valence-electron chi connectivity index (χ4n) is 4.48. The number of hydrogen-bond acceptors (Lipinski definition) is 4. The zero-order chi connectivity index (χ0) is 23.5. The summed E-state index contributed by atoms with van der Waals surface area (Å²) < 4.78 is 7.92. The molecule has 0 unspecified atom stereocenters. The van der Waals surface area contributed by atoms with Crippen molar-refractivity contribution in [3.8, 4) is 11.5 Å². The molecule has 2 N–H and O–H groups in total. The van der Waals surface area contributed by atoms with Gasteiger partial charge in [-0.2, -0.15) is 0 Å². The summed E-state index contributed by atoms with van der Waals surface area (Å²) in [6.07, 6.45) is 5.37. The molecule has 0 saturated heterocycles. The first-order chi connectivity index (χ1) is 16.6. The third-order valence-electron chi connectivity index (χ3n) is 6.22. The van der Waals surface area contributed by atoms with Crippen LogP contribution in [-0.4, -0.2) is 15.5 Å². The average molecular weight is 472 g/mol. The van der Waals surface area contributed by atoms with Crippen molar-refractivity contribution in [2.24, 2.45) is 0 Å². The van der Waals surface area contributed by atoms with Gasteiger partial charge in [0.15, 0.2) is 4.77 Å². The van der Waals surface area contributed by atoms with Crippen molar-refractivity contribution in [2.45, 2.75) is 38.1 Å². The van der Waals surface area contributed by atoms with E-state index in [4.69, 9.17) is 17.0 Å². The predicted molar refractivity (Wildman–Crippen MR) is 136 cm³/mol. The van der Waals surface area contributed by atoms with Crippen molar-refractivity contribution < 1.29 is 9.53 Å². The summed E-state index contributed by atoms with van der Waals surface area (Å²) in [5.41, 5.74) is 1.57. The molecule has 1 aromatic heterocycles. The van der Waals surface area contributed by atoms with Gasteiger partial charge < -0.3 is 15.0 Å². The maximum absolute atomic E-state index is 13.1. The van der Waals surface area contributed by atoms with E-state index in [0.29, 0.717) is 32.7 Å². The highest BCUT2D eigenvalue weighted by molar-refractivity contribution is 7.71. The lowest BCUT2D eigenvalue weighted by atomic mass is 9.95. The number of benzene rings is 3. The molecule has 7 heteroatoms. The second-order valence-corrected chi connectivity index (χ2v) is 8.94. The molecule has 6 nitrogen and oxygen atoms in total. The third-order valence-corrected chi connectivity index (χ3v) is 6.52. The first-order valence-corrected chi connectivity index (χ1v) is 11.9. The number of carbonyl (C=O) groups is 1. The number of anilines is 1. The van der Waals surface area contributed by atoms with Gasteiger partial charge in [0, 0.05) is 17.3 Å². The number of H-pyrrole nitrogens is 1. The van der Waals surface area contributed by atoms with E-state index in [1.165, 1.54) is 6.42 Å². The molecule has 0 radical (unpaired) electrons. The Morgan fingerprint density at radius 3 is 2.38 bits per heavy atom. The monoisotopic (exact) mass is 471 g/mol. The van der Waals surface area contributed by atoms with Crippen molar-refractivity contribution in [3.05, 3.63) is 93.5 Å². The van der Waals surface area contributed by atoms with Gasteiger partial charge >= 0.3 is 0 Å². The van der Waals surface area contributed by atoms with Gasteiger partial charge in [-0.05, 0) is 79.7 Å². The Balaban J connectivity index is 1.34. The Morgan fingerprint density at radius 2 is 1.65 bits per heavy atom. The van der Waals surface area contributed by atoms with Gasteiger partial charge in [0.05, 0.1) is 10.9 Å². The summed E-state index contributed by atoms with van der Waals surface area (Å²) in [4.78, 5) is 29.2. The summed E-state index contributed by atoms with van der Waals surface area (Å²) in [7, 11) is 0. The highest BCUT2D eigenvalue weighted by atomic mass is 32.1. The van der Waals surface area contributed by atoms with Gasteiger partial charge in [0.1, 0.15) is 11.5 Å². The molecule has 0 atom stereocenters. The molecule has 3 aromatic carbocycles. The lowest BCUT2D eigenvalue weighted by molar-refractivity contribution is 0.102. The molecule has 1 saturated carbocycles. The molecule has 0 spiro atoms. The van der Waals surface area contributed by atoms with Crippen LogP contribution in [0.5, 0.6) is 11.5 Å². The highest BCUT2D eigenvalue weighted by Crippen LogP contribution is 2.28. The van der Waals surface area contributed by atoms with E-state index in [0.717, 1.165) is 31.4 Å². The fourth-order valence-corrected chi connectivity index (χ4v) is 4.82. The molecule has 1 aliphatic rings. The Kier molecular flexibility index (Phi) is 6.27. The molecule has 172 valence electrons. The Labute approximate surface area is 202 Å². The third kappa shape index (κ3) is 4.65. The Morgan fingerprint density at radius 1 is 0.941 bits per heavy atom. The van der Waals surface area contributed by atoms with Crippen LogP contribution in [0, 0.1) is 4.77 Å². The van der Waals surface area contributed by atoms with Gasteiger partial charge in [0.25, 0.3) is 11.5 Å². The van der Waals surface area contributed by atoms with E-state index >= 15 is 0 Å². The van der Waals surface area contributed by atoms with Crippen LogP contribution < -0.4 is 15.6 Å². The van der Waals surface area contributed by atoms with Crippen LogP contribution in [0.15, 0.2) is 77.6 Å². The van der Waals surface area contributed by atoms with E-state index in [-0.39, 0.29) is 17.5 Å². The molecule has 1 fully saturated rings. The van der Waals surface area contributed by atoms with Crippen LogP contribution in [0.1, 0.15) is 48.5 Å². The van der Waals surface area contributed by atoms with E-state index in [1.807, 2.05) is 30.3 Å². The highest BCUT2D eigenvalue weighted by Gasteiger charge is 2.19. The van der Waals surface area contributed by atoms with Crippen molar-refractivity contribution >= 4 is 34.7 Å². The smallest absolute Gasteiger partial charge is 0.262 e.